The van der Waals surface area contributed by atoms with Crippen molar-refractivity contribution in [2.75, 3.05) is 13.6 Å². The van der Waals surface area contributed by atoms with Gasteiger partial charge in [-0.05, 0) is 38.6 Å². The minimum absolute atomic E-state index is 0.564. The highest BCUT2D eigenvalue weighted by Crippen LogP contribution is 2.21. The van der Waals surface area contributed by atoms with E-state index in [1.807, 2.05) is 25.7 Å². The molecule has 1 heterocycles. The molecule has 0 saturated carbocycles. The second-order valence-corrected chi connectivity index (χ2v) is 5.07. The maximum absolute atomic E-state index is 4.49. The van der Waals surface area contributed by atoms with Gasteiger partial charge in [-0.3, -0.25) is 0 Å². The molecule has 0 amide bonds. The predicted octanol–water partition coefficient (Wildman–Crippen LogP) is 2.40. The molecule has 0 aliphatic heterocycles. The summed E-state index contributed by atoms with van der Waals surface area (Å²) in [5.41, 5.74) is 2.39. The molecule has 0 radical (unpaired) electrons. The largest absolute Gasteiger partial charge is 0.319 e. The van der Waals surface area contributed by atoms with E-state index >= 15 is 0 Å². The molecule has 1 atom stereocenters. The fourth-order valence-electron chi connectivity index (χ4n) is 1.40. The van der Waals surface area contributed by atoms with E-state index in [1.54, 1.807) is 0 Å². The summed E-state index contributed by atoms with van der Waals surface area (Å²) in [5.74, 6) is 0. The van der Waals surface area contributed by atoms with Gasteiger partial charge in [-0.1, -0.05) is 6.92 Å². The van der Waals surface area contributed by atoms with E-state index in [9.17, 15) is 0 Å². The van der Waals surface area contributed by atoms with Gasteiger partial charge >= 0.3 is 0 Å². The van der Waals surface area contributed by atoms with Gasteiger partial charge in [-0.2, -0.15) is 0 Å². The lowest BCUT2D eigenvalue weighted by Gasteiger charge is -2.10. The third kappa shape index (κ3) is 3.68. The monoisotopic (exact) mass is 210 g/mol. The van der Waals surface area contributed by atoms with E-state index in [4.69, 9.17) is 0 Å². The SMILES string of the molecule is CNCC(C)Sc1cc(C)cc(C)n1. The smallest absolute Gasteiger partial charge is 0.0968 e. The maximum Gasteiger partial charge on any atom is 0.0968 e. The second-order valence-electron chi connectivity index (χ2n) is 3.61. The van der Waals surface area contributed by atoms with Gasteiger partial charge in [0.25, 0.3) is 0 Å². The summed E-state index contributed by atoms with van der Waals surface area (Å²) in [6.45, 7) is 7.38. The van der Waals surface area contributed by atoms with Crippen LogP contribution in [-0.4, -0.2) is 23.8 Å². The number of hydrogen-bond acceptors (Lipinski definition) is 3. The Balaban J connectivity index is 2.66. The Kier molecular flexibility index (Phi) is 4.42. The lowest BCUT2D eigenvalue weighted by atomic mass is 10.3. The average molecular weight is 210 g/mol. The molecule has 1 N–H and O–H groups in total. The summed E-state index contributed by atoms with van der Waals surface area (Å²) in [6, 6.07) is 4.25. The van der Waals surface area contributed by atoms with Crippen LogP contribution in [0.25, 0.3) is 0 Å². The number of pyridine rings is 1. The minimum atomic E-state index is 0.564. The number of aromatic nitrogens is 1. The Hall–Kier alpha value is -0.540. The van der Waals surface area contributed by atoms with Gasteiger partial charge in [0.1, 0.15) is 0 Å². The van der Waals surface area contributed by atoms with Crippen molar-refractivity contribution in [3.8, 4) is 0 Å². The molecular formula is C11H18N2S. The normalized spacial score (nSPS) is 12.9. The molecule has 1 aromatic heterocycles. The average Bonchev–Trinajstić information content (AvgIpc) is 2.01. The first-order valence-electron chi connectivity index (χ1n) is 4.88. The summed E-state index contributed by atoms with van der Waals surface area (Å²) in [6.07, 6.45) is 0. The van der Waals surface area contributed by atoms with Crippen LogP contribution in [0.5, 0.6) is 0 Å². The van der Waals surface area contributed by atoms with E-state index < -0.39 is 0 Å². The molecule has 0 saturated heterocycles. The van der Waals surface area contributed by atoms with Gasteiger partial charge in [0, 0.05) is 17.5 Å². The summed E-state index contributed by atoms with van der Waals surface area (Å²) in [4.78, 5) is 4.49. The molecule has 0 fully saturated rings. The van der Waals surface area contributed by atoms with Gasteiger partial charge in [0.2, 0.25) is 0 Å². The number of nitrogens with zero attached hydrogens (tertiary/aromatic N) is 1. The van der Waals surface area contributed by atoms with E-state index in [0.717, 1.165) is 17.3 Å². The number of nitrogens with one attached hydrogen (secondary N) is 1. The van der Waals surface area contributed by atoms with Crippen LogP contribution in [0.15, 0.2) is 17.2 Å². The van der Waals surface area contributed by atoms with Crippen molar-refractivity contribution in [3.05, 3.63) is 23.4 Å². The molecule has 3 heteroatoms. The van der Waals surface area contributed by atoms with Crippen LogP contribution in [0.3, 0.4) is 0 Å². The highest BCUT2D eigenvalue weighted by molar-refractivity contribution is 7.99. The molecule has 0 aliphatic rings. The van der Waals surface area contributed by atoms with Crippen molar-refractivity contribution in [3.63, 3.8) is 0 Å². The number of aryl methyl sites for hydroxylation is 2. The Morgan fingerprint density at radius 1 is 1.43 bits per heavy atom. The van der Waals surface area contributed by atoms with Gasteiger partial charge in [-0.25, -0.2) is 4.98 Å². The predicted molar refractivity (Wildman–Crippen MR) is 63.0 cm³/mol. The first-order valence-corrected chi connectivity index (χ1v) is 5.76. The first-order chi connectivity index (χ1) is 6.61. The summed E-state index contributed by atoms with van der Waals surface area (Å²) < 4.78 is 0. The van der Waals surface area contributed by atoms with Crippen LogP contribution < -0.4 is 5.32 Å². The third-order valence-electron chi connectivity index (χ3n) is 1.89. The zero-order chi connectivity index (χ0) is 10.6. The maximum atomic E-state index is 4.49. The molecule has 0 aromatic carbocycles. The molecule has 78 valence electrons. The minimum Gasteiger partial charge on any atom is -0.319 e. The van der Waals surface area contributed by atoms with Crippen LogP contribution in [0.4, 0.5) is 0 Å². The van der Waals surface area contributed by atoms with Crippen LogP contribution in [0.1, 0.15) is 18.2 Å². The summed E-state index contributed by atoms with van der Waals surface area (Å²) >= 11 is 1.82. The lowest BCUT2D eigenvalue weighted by Crippen LogP contribution is -2.17. The van der Waals surface area contributed by atoms with Gasteiger partial charge < -0.3 is 5.32 Å². The highest BCUT2D eigenvalue weighted by atomic mass is 32.2. The number of rotatable bonds is 4. The van der Waals surface area contributed by atoms with Crippen molar-refractivity contribution >= 4 is 11.8 Å². The molecule has 1 rings (SSSR count). The van der Waals surface area contributed by atoms with E-state index in [-0.39, 0.29) is 0 Å². The number of hydrogen-bond donors (Lipinski definition) is 1. The van der Waals surface area contributed by atoms with Crippen molar-refractivity contribution in [1.29, 1.82) is 0 Å². The molecule has 0 aliphatic carbocycles. The van der Waals surface area contributed by atoms with Gasteiger partial charge in [0.05, 0.1) is 5.03 Å². The van der Waals surface area contributed by atoms with Gasteiger partial charge in [0.15, 0.2) is 0 Å². The Morgan fingerprint density at radius 2 is 2.14 bits per heavy atom. The molecule has 2 nitrogen and oxygen atoms in total. The first kappa shape index (κ1) is 11.5. The third-order valence-corrected chi connectivity index (χ3v) is 2.91. The van der Waals surface area contributed by atoms with E-state index in [0.29, 0.717) is 5.25 Å². The molecule has 0 bridgehead atoms. The van der Waals surface area contributed by atoms with Crippen LogP contribution in [-0.2, 0) is 0 Å². The second kappa shape index (κ2) is 5.37. The van der Waals surface area contributed by atoms with Crippen LogP contribution in [0.2, 0.25) is 0 Å². The van der Waals surface area contributed by atoms with Crippen molar-refractivity contribution in [2.45, 2.75) is 31.0 Å². The molecular weight excluding hydrogens is 192 g/mol. The quantitative estimate of drug-likeness (QED) is 0.772. The zero-order valence-corrected chi connectivity index (χ0v) is 10.1. The van der Waals surface area contributed by atoms with E-state index in [2.05, 4.69) is 36.3 Å². The van der Waals surface area contributed by atoms with Crippen molar-refractivity contribution in [2.24, 2.45) is 0 Å². The topological polar surface area (TPSA) is 24.9 Å². The zero-order valence-electron chi connectivity index (χ0n) is 9.29. The Bertz CT molecular complexity index is 279. The molecule has 14 heavy (non-hydrogen) atoms. The van der Waals surface area contributed by atoms with Crippen LogP contribution >= 0.6 is 11.8 Å². The summed E-state index contributed by atoms with van der Waals surface area (Å²) in [5, 5.41) is 4.86. The molecule has 0 spiro atoms. The van der Waals surface area contributed by atoms with Crippen LogP contribution in [0, 0.1) is 13.8 Å². The van der Waals surface area contributed by atoms with Crippen molar-refractivity contribution in [1.82, 2.24) is 10.3 Å². The van der Waals surface area contributed by atoms with E-state index in [1.165, 1.54) is 5.56 Å². The lowest BCUT2D eigenvalue weighted by molar-refractivity contribution is 0.783. The molecule has 1 unspecified atom stereocenters. The summed E-state index contributed by atoms with van der Waals surface area (Å²) in [7, 11) is 1.98. The fraction of sp³-hybridized carbons (Fsp3) is 0.545. The van der Waals surface area contributed by atoms with Gasteiger partial charge in [-0.15, -0.1) is 11.8 Å². The Labute approximate surface area is 90.5 Å². The van der Waals surface area contributed by atoms with Crippen molar-refractivity contribution < 1.29 is 0 Å². The number of thioether (sulfide) groups is 1. The fourth-order valence-corrected chi connectivity index (χ4v) is 2.51. The molecule has 1 aromatic rings. The standard InChI is InChI=1S/C11H18N2S/c1-8-5-9(2)13-11(6-8)14-10(3)7-12-4/h5-6,10,12H,7H2,1-4H3. The Morgan fingerprint density at radius 3 is 2.71 bits per heavy atom. The highest BCUT2D eigenvalue weighted by Gasteiger charge is 2.04.